The van der Waals surface area contributed by atoms with Crippen molar-refractivity contribution < 1.29 is 9.90 Å². The Bertz CT molecular complexity index is 242. The molecule has 0 aliphatic carbocycles. The highest BCUT2D eigenvalue weighted by Gasteiger charge is 2.11. The number of nitrogens with zero attached hydrogens (tertiary/aromatic N) is 1. The van der Waals surface area contributed by atoms with Crippen molar-refractivity contribution >= 4 is 5.91 Å². The SMILES string of the molecule is C=CCN(CCO)CC(=O)NC(C)CCC(C)C. The van der Waals surface area contributed by atoms with Gasteiger partial charge in [-0.1, -0.05) is 19.9 Å². The molecule has 0 aliphatic rings. The second-order valence-corrected chi connectivity index (χ2v) is 5.19. The van der Waals surface area contributed by atoms with Crippen LogP contribution in [-0.4, -0.2) is 48.2 Å². The number of hydrogen-bond acceptors (Lipinski definition) is 3. The Hall–Kier alpha value is -0.870. The molecule has 0 bridgehead atoms. The Labute approximate surface area is 111 Å². The predicted molar refractivity (Wildman–Crippen MR) is 75.4 cm³/mol. The van der Waals surface area contributed by atoms with Crippen LogP contribution in [0.1, 0.15) is 33.6 Å². The van der Waals surface area contributed by atoms with Crippen molar-refractivity contribution in [1.82, 2.24) is 10.2 Å². The third kappa shape index (κ3) is 9.19. The molecule has 1 amide bonds. The first-order valence-corrected chi connectivity index (χ1v) is 6.73. The molecule has 4 nitrogen and oxygen atoms in total. The second-order valence-electron chi connectivity index (χ2n) is 5.19. The molecule has 0 aromatic heterocycles. The van der Waals surface area contributed by atoms with Gasteiger partial charge in [-0.15, -0.1) is 6.58 Å². The minimum Gasteiger partial charge on any atom is -0.395 e. The molecule has 0 aromatic rings. The molecule has 4 heteroatoms. The van der Waals surface area contributed by atoms with Gasteiger partial charge >= 0.3 is 0 Å². The van der Waals surface area contributed by atoms with E-state index in [0.717, 1.165) is 12.8 Å². The van der Waals surface area contributed by atoms with Crippen molar-refractivity contribution in [1.29, 1.82) is 0 Å². The third-order valence-electron chi connectivity index (χ3n) is 2.76. The van der Waals surface area contributed by atoms with Crippen LogP contribution in [0.5, 0.6) is 0 Å². The van der Waals surface area contributed by atoms with Gasteiger partial charge < -0.3 is 10.4 Å². The fourth-order valence-electron chi connectivity index (χ4n) is 1.74. The van der Waals surface area contributed by atoms with Gasteiger partial charge in [0.05, 0.1) is 13.2 Å². The van der Waals surface area contributed by atoms with Gasteiger partial charge in [0.25, 0.3) is 0 Å². The topological polar surface area (TPSA) is 52.6 Å². The molecular formula is C14H28N2O2. The molecule has 0 saturated carbocycles. The van der Waals surface area contributed by atoms with Crippen molar-refractivity contribution in [3.63, 3.8) is 0 Å². The van der Waals surface area contributed by atoms with E-state index in [4.69, 9.17) is 5.11 Å². The zero-order valence-corrected chi connectivity index (χ0v) is 12.0. The van der Waals surface area contributed by atoms with E-state index < -0.39 is 0 Å². The molecule has 1 unspecified atom stereocenters. The van der Waals surface area contributed by atoms with Crippen LogP contribution in [-0.2, 0) is 4.79 Å². The summed E-state index contributed by atoms with van der Waals surface area (Å²) < 4.78 is 0. The standard InChI is InChI=1S/C14H28N2O2/c1-5-8-16(9-10-17)11-14(18)15-13(4)7-6-12(2)3/h5,12-13,17H,1,6-11H2,2-4H3,(H,15,18). The van der Waals surface area contributed by atoms with Crippen molar-refractivity contribution in [3.05, 3.63) is 12.7 Å². The van der Waals surface area contributed by atoms with E-state index in [-0.39, 0.29) is 18.6 Å². The van der Waals surface area contributed by atoms with Crippen LogP contribution in [0.15, 0.2) is 12.7 Å². The average Bonchev–Trinajstić information content (AvgIpc) is 2.26. The summed E-state index contributed by atoms with van der Waals surface area (Å²) in [6.07, 6.45) is 3.87. The molecule has 0 aliphatic heterocycles. The van der Waals surface area contributed by atoms with Crippen molar-refractivity contribution in [2.45, 2.75) is 39.7 Å². The Morgan fingerprint density at radius 1 is 1.39 bits per heavy atom. The number of rotatable bonds is 10. The number of aliphatic hydroxyl groups excluding tert-OH is 1. The van der Waals surface area contributed by atoms with Gasteiger partial charge in [-0.25, -0.2) is 0 Å². The van der Waals surface area contributed by atoms with E-state index in [1.807, 2.05) is 11.8 Å². The van der Waals surface area contributed by atoms with Crippen molar-refractivity contribution in [3.8, 4) is 0 Å². The van der Waals surface area contributed by atoms with E-state index in [1.165, 1.54) is 0 Å². The molecule has 0 fully saturated rings. The molecule has 2 N–H and O–H groups in total. The summed E-state index contributed by atoms with van der Waals surface area (Å²) in [5.41, 5.74) is 0. The second kappa shape index (κ2) is 10.1. The first-order valence-electron chi connectivity index (χ1n) is 6.73. The maximum atomic E-state index is 11.8. The smallest absolute Gasteiger partial charge is 0.234 e. The van der Waals surface area contributed by atoms with Crippen LogP contribution in [0.3, 0.4) is 0 Å². The molecule has 0 heterocycles. The summed E-state index contributed by atoms with van der Waals surface area (Å²) in [7, 11) is 0. The lowest BCUT2D eigenvalue weighted by Gasteiger charge is -2.21. The molecule has 0 saturated heterocycles. The first kappa shape index (κ1) is 17.1. The third-order valence-corrected chi connectivity index (χ3v) is 2.76. The normalized spacial score (nSPS) is 12.8. The van der Waals surface area contributed by atoms with E-state index in [2.05, 4.69) is 25.7 Å². The number of aliphatic hydroxyl groups is 1. The van der Waals surface area contributed by atoms with Gasteiger partial charge in [0.2, 0.25) is 5.91 Å². The highest BCUT2D eigenvalue weighted by molar-refractivity contribution is 5.78. The van der Waals surface area contributed by atoms with Gasteiger partial charge in [-0.05, 0) is 25.7 Å². The average molecular weight is 256 g/mol. The zero-order valence-electron chi connectivity index (χ0n) is 12.0. The van der Waals surface area contributed by atoms with Crippen molar-refractivity contribution in [2.75, 3.05) is 26.2 Å². The number of carbonyl (C=O) groups excluding carboxylic acids is 1. The fraction of sp³-hybridized carbons (Fsp3) is 0.786. The first-order chi connectivity index (χ1) is 8.49. The van der Waals surface area contributed by atoms with Crippen LogP contribution in [0.2, 0.25) is 0 Å². The summed E-state index contributed by atoms with van der Waals surface area (Å²) in [4.78, 5) is 13.7. The number of hydrogen-bond donors (Lipinski definition) is 2. The highest BCUT2D eigenvalue weighted by atomic mass is 16.3. The summed E-state index contributed by atoms with van der Waals surface area (Å²) in [6.45, 7) is 11.5. The Kier molecular flexibility index (Phi) is 9.60. The summed E-state index contributed by atoms with van der Waals surface area (Å²) >= 11 is 0. The van der Waals surface area contributed by atoms with Gasteiger partial charge in [0, 0.05) is 19.1 Å². The van der Waals surface area contributed by atoms with Crippen LogP contribution in [0.4, 0.5) is 0 Å². The van der Waals surface area contributed by atoms with Gasteiger partial charge in [-0.2, -0.15) is 0 Å². The molecule has 0 aromatic carbocycles. The van der Waals surface area contributed by atoms with E-state index in [9.17, 15) is 4.79 Å². The zero-order chi connectivity index (χ0) is 14.0. The van der Waals surface area contributed by atoms with Crippen LogP contribution in [0, 0.1) is 5.92 Å². The molecule has 18 heavy (non-hydrogen) atoms. The predicted octanol–water partition coefficient (Wildman–Crippen LogP) is 1.41. The Morgan fingerprint density at radius 3 is 2.56 bits per heavy atom. The summed E-state index contributed by atoms with van der Waals surface area (Å²) in [5, 5.41) is 11.9. The lowest BCUT2D eigenvalue weighted by molar-refractivity contribution is -0.122. The lowest BCUT2D eigenvalue weighted by Crippen LogP contribution is -2.42. The van der Waals surface area contributed by atoms with Crippen LogP contribution in [0.25, 0.3) is 0 Å². The molecule has 1 atom stereocenters. The van der Waals surface area contributed by atoms with E-state index in [0.29, 0.717) is 25.6 Å². The molecular weight excluding hydrogens is 228 g/mol. The van der Waals surface area contributed by atoms with E-state index in [1.54, 1.807) is 6.08 Å². The minimum absolute atomic E-state index is 0.0153. The Morgan fingerprint density at radius 2 is 2.06 bits per heavy atom. The highest BCUT2D eigenvalue weighted by Crippen LogP contribution is 2.06. The fourth-order valence-corrected chi connectivity index (χ4v) is 1.74. The quantitative estimate of drug-likeness (QED) is 0.581. The largest absolute Gasteiger partial charge is 0.395 e. The monoisotopic (exact) mass is 256 g/mol. The van der Waals surface area contributed by atoms with Gasteiger partial charge in [0.15, 0.2) is 0 Å². The maximum Gasteiger partial charge on any atom is 0.234 e. The molecule has 0 radical (unpaired) electrons. The number of nitrogens with one attached hydrogen (secondary N) is 1. The number of carbonyl (C=O) groups is 1. The van der Waals surface area contributed by atoms with Crippen LogP contribution < -0.4 is 5.32 Å². The molecule has 0 rings (SSSR count). The summed E-state index contributed by atoms with van der Waals surface area (Å²) in [6, 6.07) is 0.208. The molecule has 106 valence electrons. The van der Waals surface area contributed by atoms with Crippen molar-refractivity contribution in [2.24, 2.45) is 5.92 Å². The Balaban J connectivity index is 3.95. The maximum absolute atomic E-state index is 11.8. The molecule has 0 spiro atoms. The minimum atomic E-state index is 0.0153. The lowest BCUT2D eigenvalue weighted by atomic mass is 10.0. The van der Waals surface area contributed by atoms with Gasteiger partial charge in [0.1, 0.15) is 0 Å². The van der Waals surface area contributed by atoms with Gasteiger partial charge in [-0.3, -0.25) is 9.69 Å². The van der Waals surface area contributed by atoms with Crippen LogP contribution >= 0.6 is 0 Å². The number of amides is 1. The van der Waals surface area contributed by atoms with E-state index >= 15 is 0 Å². The summed E-state index contributed by atoms with van der Waals surface area (Å²) in [5.74, 6) is 0.678.